The van der Waals surface area contributed by atoms with E-state index in [0.29, 0.717) is 19.3 Å². The minimum absolute atomic E-state index is 0.414. The second-order valence-corrected chi connectivity index (χ2v) is 7.08. The molecule has 0 aliphatic carbocycles. The molecule has 5 heteroatoms. The molecule has 23 heavy (non-hydrogen) atoms. The molecule has 3 aliphatic heterocycles. The molecule has 4 rings (SSSR count). The van der Waals surface area contributed by atoms with Crippen LogP contribution in [0.5, 0.6) is 0 Å². The SMILES string of the molecule is CN1CCC(F)(C2CC(N3CCc4ccccc4C3)=NO2)CC1. The molecule has 1 atom stereocenters. The van der Waals surface area contributed by atoms with Gasteiger partial charge in [-0.3, -0.25) is 0 Å². The zero-order valence-electron chi connectivity index (χ0n) is 13.7. The summed E-state index contributed by atoms with van der Waals surface area (Å²) in [6.45, 7) is 3.38. The molecule has 0 aromatic heterocycles. The molecular weight excluding hydrogens is 293 g/mol. The Kier molecular flexibility index (Phi) is 3.76. The van der Waals surface area contributed by atoms with E-state index < -0.39 is 11.8 Å². The Morgan fingerprint density at radius 2 is 1.91 bits per heavy atom. The quantitative estimate of drug-likeness (QED) is 0.797. The van der Waals surface area contributed by atoms with Crippen molar-refractivity contribution >= 4 is 5.84 Å². The highest BCUT2D eigenvalue weighted by atomic mass is 19.1. The molecule has 0 N–H and O–H groups in total. The van der Waals surface area contributed by atoms with E-state index in [2.05, 4.69) is 39.2 Å². The molecule has 1 aromatic rings. The summed E-state index contributed by atoms with van der Waals surface area (Å²) >= 11 is 0. The van der Waals surface area contributed by atoms with E-state index in [9.17, 15) is 0 Å². The van der Waals surface area contributed by atoms with Crippen LogP contribution < -0.4 is 0 Å². The number of oxime groups is 1. The van der Waals surface area contributed by atoms with Gasteiger partial charge in [-0.25, -0.2) is 4.39 Å². The fourth-order valence-electron chi connectivity index (χ4n) is 3.86. The van der Waals surface area contributed by atoms with Crippen molar-refractivity contribution in [2.75, 3.05) is 26.7 Å². The van der Waals surface area contributed by atoms with Crippen molar-refractivity contribution in [3.05, 3.63) is 35.4 Å². The number of fused-ring (bicyclic) bond motifs is 1. The van der Waals surface area contributed by atoms with Gasteiger partial charge >= 0.3 is 0 Å². The number of likely N-dealkylation sites (tertiary alicyclic amines) is 1. The number of rotatable bonds is 1. The van der Waals surface area contributed by atoms with Crippen LogP contribution in [0.15, 0.2) is 29.4 Å². The average Bonchev–Trinajstić information content (AvgIpc) is 3.08. The van der Waals surface area contributed by atoms with Gasteiger partial charge in [0.1, 0.15) is 5.84 Å². The summed E-state index contributed by atoms with van der Waals surface area (Å²) in [5.74, 6) is 0.917. The topological polar surface area (TPSA) is 28.1 Å². The number of halogens is 1. The third kappa shape index (κ3) is 2.82. The maximum absolute atomic E-state index is 15.2. The molecule has 3 aliphatic rings. The second kappa shape index (κ2) is 5.78. The maximum atomic E-state index is 15.2. The van der Waals surface area contributed by atoms with Crippen LogP contribution in [0, 0.1) is 0 Å². The number of amidine groups is 1. The zero-order chi connectivity index (χ0) is 15.9. The van der Waals surface area contributed by atoms with Crippen LogP contribution in [-0.4, -0.2) is 54.1 Å². The van der Waals surface area contributed by atoms with Gasteiger partial charge in [-0.05, 0) is 37.4 Å². The lowest BCUT2D eigenvalue weighted by molar-refractivity contribution is -0.0704. The Balaban J connectivity index is 1.41. The van der Waals surface area contributed by atoms with E-state index in [0.717, 1.165) is 38.4 Å². The van der Waals surface area contributed by atoms with Gasteiger partial charge in [0.15, 0.2) is 11.8 Å². The molecule has 1 unspecified atom stereocenters. The Morgan fingerprint density at radius 3 is 2.70 bits per heavy atom. The van der Waals surface area contributed by atoms with Gasteiger partial charge in [0.05, 0.1) is 6.42 Å². The van der Waals surface area contributed by atoms with E-state index in [4.69, 9.17) is 4.84 Å². The molecule has 4 nitrogen and oxygen atoms in total. The molecule has 0 spiro atoms. The lowest BCUT2D eigenvalue weighted by atomic mass is 9.86. The van der Waals surface area contributed by atoms with E-state index >= 15 is 4.39 Å². The molecule has 0 radical (unpaired) electrons. The number of hydrogen-bond acceptors (Lipinski definition) is 4. The second-order valence-electron chi connectivity index (χ2n) is 7.08. The third-order valence-electron chi connectivity index (χ3n) is 5.54. The summed E-state index contributed by atoms with van der Waals surface area (Å²) in [5.41, 5.74) is 1.53. The van der Waals surface area contributed by atoms with Gasteiger partial charge in [0.2, 0.25) is 0 Å². The average molecular weight is 317 g/mol. The Hall–Kier alpha value is -1.62. The molecule has 0 saturated carbocycles. The van der Waals surface area contributed by atoms with Crippen LogP contribution in [0.25, 0.3) is 0 Å². The molecule has 1 aromatic carbocycles. The van der Waals surface area contributed by atoms with Gasteiger partial charge in [-0.2, -0.15) is 0 Å². The lowest BCUT2D eigenvalue weighted by Gasteiger charge is -2.37. The van der Waals surface area contributed by atoms with Crippen LogP contribution in [-0.2, 0) is 17.8 Å². The Labute approximate surface area is 136 Å². The van der Waals surface area contributed by atoms with E-state index in [1.54, 1.807) is 0 Å². The van der Waals surface area contributed by atoms with Crippen LogP contribution in [0.4, 0.5) is 4.39 Å². The summed E-state index contributed by atoms with van der Waals surface area (Å²) in [6.07, 6.45) is 2.29. The number of piperidine rings is 1. The van der Waals surface area contributed by atoms with Crippen molar-refractivity contribution < 1.29 is 9.23 Å². The maximum Gasteiger partial charge on any atom is 0.168 e. The molecule has 1 saturated heterocycles. The Morgan fingerprint density at radius 1 is 1.17 bits per heavy atom. The summed E-state index contributed by atoms with van der Waals surface area (Å²) in [7, 11) is 2.04. The van der Waals surface area contributed by atoms with E-state index in [1.807, 2.05) is 7.05 Å². The van der Waals surface area contributed by atoms with Crippen molar-refractivity contribution in [3.63, 3.8) is 0 Å². The lowest BCUT2D eigenvalue weighted by Crippen LogP contribution is -2.48. The summed E-state index contributed by atoms with van der Waals surface area (Å²) in [4.78, 5) is 9.96. The molecule has 1 fully saturated rings. The first-order chi connectivity index (χ1) is 11.1. The minimum Gasteiger partial charge on any atom is -0.387 e. The molecule has 3 heterocycles. The largest absolute Gasteiger partial charge is 0.387 e. The normalized spacial score (nSPS) is 27.3. The predicted octanol–water partition coefficient (Wildman–Crippen LogP) is 2.58. The number of hydrogen-bond donors (Lipinski definition) is 0. The fourth-order valence-corrected chi connectivity index (χ4v) is 3.86. The van der Waals surface area contributed by atoms with Crippen molar-refractivity contribution in [1.82, 2.24) is 9.80 Å². The highest BCUT2D eigenvalue weighted by Crippen LogP contribution is 2.36. The first-order valence-corrected chi connectivity index (χ1v) is 8.56. The van der Waals surface area contributed by atoms with Crippen molar-refractivity contribution in [2.24, 2.45) is 5.16 Å². The van der Waals surface area contributed by atoms with Gasteiger partial charge in [-0.1, -0.05) is 29.4 Å². The Bertz CT molecular complexity index is 610. The summed E-state index contributed by atoms with van der Waals surface area (Å²) in [5, 5.41) is 4.24. The van der Waals surface area contributed by atoms with E-state index in [-0.39, 0.29) is 0 Å². The standard InChI is InChI=1S/C18H24FN3O/c1-21-10-7-18(19,8-11-21)16-12-17(20-23-16)22-9-6-14-4-2-3-5-15(14)13-22/h2-5,16H,6-13H2,1H3. The van der Waals surface area contributed by atoms with Gasteiger partial charge in [0, 0.05) is 26.2 Å². The van der Waals surface area contributed by atoms with Crippen LogP contribution in [0.2, 0.25) is 0 Å². The first-order valence-electron chi connectivity index (χ1n) is 8.56. The monoisotopic (exact) mass is 317 g/mol. The summed E-state index contributed by atoms with van der Waals surface area (Å²) in [6, 6.07) is 8.53. The van der Waals surface area contributed by atoms with Gasteiger partial charge < -0.3 is 14.6 Å². The smallest absolute Gasteiger partial charge is 0.168 e. The van der Waals surface area contributed by atoms with Crippen molar-refractivity contribution in [2.45, 2.75) is 44.0 Å². The minimum atomic E-state index is -1.23. The highest BCUT2D eigenvalue weighted by molar-refractivity contribution is 5.83. The van der Waals surface area contributed by atoms with Crippen molar-refractivity contribution in [1.29, 1.82) is 0 Å². The molecule has 124 valence electrons. The molecule has 0 bridgehead atoms. The predicted molar refractivity (Wildman–Crippen MR) is 88.1 cm³/mol. The van der Waals surface area contributed by atoms with Crippen LogP contribution in [0.3, 0.4) is 0 Å². The van der Waals surface area contributed by atoms with Crippen LogP contribution >= 0.6 is 0 Å². The number of benzene rings is 1. The first kappa shape index (κ1) is 14.9. The highest BCUT2D eigenvalue weighted by Gasteiger charge is 2.46. The number of nitrogens with zero attached hydrogens (tertiary/aromatic N) is 3. The zero-order valence-corrected chi connectivity index (χ0v) is 13.7. The van der Waals surface area contributed by atoms with Crippen LogP contribution in [0.1, 0.15) is 30.4 Å². The molecular formula is C18H24FN3O. The van der Waals surface area contributed by atoms with Gasteiger partial charge in [0.25, 0.3) is 0 Å². The summed E-state index contributed by atoms with van der Waals surface area (Å²) < 4.78 is 15.2. The molecule has 0 amide bonds. The van der Waals surface area contributed by atoms with E-state index in [1.165, 1.54) is 11.1 Å². The third-order valence-corrected chi connectivity index (χ3v) is 5.54. The fraction of sp³-hybridized carbons (Fsp3) is 0.611. The van der Waals surface area contributed by atoms with Crippen molar-refractivity contribution in [3.8, 4) is 0 Å². The number of alkyl halides is 1. The van der Waals surface area contributed by atoms with Gasteiger partial charge in [-0.15, -0.1) is 0 Å².